The van der Waals surface area contributed by atoms with Crippen molar-refractivity contribution >= 4 is 50.0 Å². The molecule has 0 aliphatic carbocycles. The molecule has 2 amide bonds. The molecule has 0 saturated carbocycles. The van der Waals surface area contributed by atoms with Gasteiger partial charge in [-0.3, -0.25) is 9.59 Å². The predicted octanol–water partition coefficient (Wildman–Crippen LogP) is 0.455. The second-order valence-corrected chi connectivity index (χ2v) is 9.29. The number of ether oxygens (including phenoxy) is 2. The van der Waals surface area contributed by atoms with E-state index in [2.05, 4.69) is 35.9 Å². The van der Waals surface area contributed by atoms with Crippen molar-refractivity contribution in [3.63, 3.8) is 0 Å². The van der Waals surface area contributed by atoms with Crippen LogP contribution in [-0.2, 0) is 28.7 Å². The van der Waals surface area contributed by atoms with Crippen LogP contribution in [0.2, 0.25) is 0 Å². The van der Waals surface area contributed by atoms with Crippen LogP contribution in [0, 0.1) is 0 Å². The first-order valence-electron chi connectivity index (χ1n) is 7.45. The molecular weight excluding hydrogens is 368 g/mol. The molecule has 0 aromatic heterocycles. The summed E-state index contributed by atoms with van der Waals surface area (Å²) in [4.78, 5) is 46.0. The second kappa shape index (κ2) is 8.79. The first-order valence-corrected chi connectivity index (χ1v) is 8.35. The Kier molecular flexibility index (Phi) is 8.29. The lowest BCUT2D eigenvalue weighted by Crippen LogP contribution is -2.54. The number of nitrogens with one attached hydrogen (secondary N) is 2. The van der Waals surface area contributed by atoms with E-state index in [-0.39, 0.29) is 0 Å². The molecule has 2 atom stereocenters. The van der Waals surface area contributed by atoms with Gasteiger partial charge in [0, 0.05) is 23.3 Å². The molecule has 25 heavy (non-hydrogen) atoms. The highest BCUT2D eigenvalue weighted by molar-refractivity contribution is 7.82. The van der Waals surface area contributed by atoms with Gasteiger partial charge in [-0.15, -0.1) is 0 Å². The van der Waals surface area contributed by atoms with Crippen LogP contribution in [0.25, 0.3) is 0 Å². The fraction of sp³-hybridized carbons (Fsp3) is 0.733. The van der Waals surface area contributed by atoms with E-state index in [9.17, 15) is 19.2 Å². The zero-order valence-corrected chi connectivity index (χ0v) is 16.9. The maximum absolute atomic E-state index is 12.3. The van der Waals surface area contributed by atoms with E-state index in [0.717, 1.165) is 0 Å². The highest BCUT2D eigenvalue weighted by Crippen LogP contribution is 2.24. The Labute approximate surface area is 158 Å². The van der Waals surface area contributed by atoms with Crippen molar-refractivity contribution in [1.29, 1.82) is 0 Å². The lowest BCUT2D eigenvalue weighted by molar-refractivity contribution is -0.219. The summed E-state index contributed by atoms with van der Waals surface area (Å²) < 4.78 is 8.57. The Morgan fingerprint density at radius 2 is 1.08 bits per heavy atom. The first kappa shape index (κ1) is 23.6. The van der Waals surface area contributed by atoms with E-state index in [1.807, 2.05) is 0 Å². The Bertz CT molecular complexity index is 467. The third-order valence-corrected chi connectivity index (χ3v) is 3.56. The Morgan fingerprint density at radius 1 is 0.800 bits per heavy atom. The number of thiol groups is 2. The van der Waals surface area contributed by atoms with Gasteiger partial charge in [0.2, 0.25) is 12.8 Å². The minimum absolute atomic E-state index is 0.358. The summed E-state index contributed by atoms with van der Waals surface area (Å²) in [6, 6.07) is -2.12. The van der Waals surface area contributed by atoms with E-state index in [4.69, 9.17) is 9.47 Å². The molecule has 0 fully saturated rings. The minimum atomic E-state index is -1.64. The quantitative estimate of drug-likeness (QED) is 0.185. The van der Waals surface area contributed by atoms with Crippen molar-refractivity contribution in [3.05, 3.63) is 0 Å². The number of amides is 2. The molecule has 8 nitrogen and oxygen atoms in total. The fourth-order valence-electron chi connectivity index (χ4n) is 1.88. The Balaban J connectivity index is 5.18. The van der Waals surface area contributed by atoms with E-state index in [1.54, 1.807) is 27.7 Å². The molecule has 0 aromatic carbocycles. The summed E-state index contributed by atoms with van der Waals surface area (Å²) in [6.07, 6.45) is 0.715. The molecule has 0 saturated heterocycles. The lowest BCUT2D eigenvalue weighted by atomic mass is 10.0. The van der Waals surface area contributed by atoms with Crippen LogP contribution < -0.4 is 10.6 Å². The van der Waals surface area contributed by atoms with Crippen LogP contribution >= 0.6 is 25.3 Å². The van der Waals surface area contributed by atoms with Crippen molar-refractivity contribution in [1.82, 2.24) is 10.6 Å². The van der Waals surface area contributed by atoms with Gasteiger partial charge in [0.05, 0.1) is 0 Å². The van der Waals surface area contributed by atoms with Gasteiger partial charge in [-0.1, -0.05) is 0 Å². The van der Waals surface area contributed by atoms with Crippen molar-refractivity contribution in [2.45, 2.75) is 68.9 Å². The fourth-order valence-corrected chi connectivity index (χ4v) is 2.24. The molecule has 0 bridgehead atoms. The molecule has 10 heteroatoms. The van der Waals surface area contributed by atoms with Gasteiger partial charge in [-0.2, -0.15) is 25.3 Å². The molecule has 0 radical (unpaired) electrons. The van der Waals surface area contributed by atoms with Crippen molar-refractivity contribution in [2.75, 3.05) is 0 Å². The van der Waals surface area contributed by atoms with Crippen molar-refractivity contribution < 1.29 is 28.7 Å². The zero-order chi connectivity index (χ0) is 20.1. The van der Waals surface area contributed by atoms with Gasteiger partial charge in [-0.25, -0.2) is 9.59 Å². The number of hydrogen-bond donors (Lipinski definition) is 4. The SMILES string of the molecule is CC(C)(OC(=O)[C@H](NC=O)C(C)(C)S)OC(=O)[C@H](NC=O)C(C)(C)S. The third-order valence-electron chi connectivity index (χ3n) is 3.05. The van der Waals surface area contributed by atoms with Crippen LogP contribution in [0.3, 0.4) is 0 Å². The van der Waals surface area contributed by atoms with Gasteiger partial charge in [0.1, 0.15) is 12.1 Å². The molecule has 0 unspecified atom stereocenters. The molecule has 0 aromatic rings. The van der Waals surface area contributed by atoms with E-state index in [1.165, 1.54) is 13.8 Å². The van der Waals surface area contributed by atoms with Gasteiger partial charge >= 0.3 is 11.9 Å². The zero-order valence-electron chi connectivity index (χ0n) is 15.2. The molecule has 0 rings (SSSR count). The predicted molar refractivity (Wildman–Crippen MR) is 98.4 cm³/mol. The number of carbonyl (C=O) groups is 4. The maximum Gasteiger partial charge on any atom is 0.333 e. The summed E-state index contributed by atoms with van der Waals surface area (Å²) in [6.45, 7) is 9.18. The monoisotopic (exact) mass is 394 g/mol. The summed E-state index contributed by atoms with van der Waals surface area (Å²) in [5.74, 6) is -3.29. The molecule has 0 aliphatic rings. The Morgan fingerprint density at radius 3 is 1.28 bits per heavy atom. The molecule has 0 aliphatic heterocycles. The van der Waals surface area contributed by atoms with E-state index in [0.29, 0.717) is 12.8 Å². The normalized spacial score (nSPS) is 14.7. The molecular formula is C15H26N2O6S2. The highest BCUT2D eigenvalue weighted by atomic mass is 32.1. The van der Waals surface area contributed by atoms with Gasteiger partial charge < -0.3 is 20.1 Å². The summed E-state index contributed by atoms with van der Waals surface area (Å²) in [5.41, 5.74) is 0. The minimum Gasteiger partial charge on any atom is -0.422 e. The molecule has 0 spiro atoms. The standard InChI is InChI=1S/C15H26N2O6S2/c1-13(2,24)9(16-7-18)11(20)22-15(5,6)23-12(21)10(17-8-19)14(3,4)25/h7-10,24-25H,1-6H3,(H,16,18)(H,17,19)/t9-,10-/m0/s1. The van der Waals surface area contributed by atoms with Crippen LogP contribution in [-0.4, -0.2) is 52.1 Å². The van der Waals surface area contributed by atoms with Crippen molar-refractivity contribution in [3.8, 4) is 0 Å². The van der Waals surface area contributed by atoms with Crippen LogP contribution in [0.1, 0.15) is 41.5 Å². The number of hydrogen-bond acceptors (Lipinski definition) is 8. The number of esters is 2. The van der Waals surface area contributed by atoms with Gasteiger partial charge in [0.25, 0.3) is 5.79 Å². The first-order chi connectivity index (χ1) is 11.2. The topological polar surface area (TPSA) is 111 Å². The summed E-state index contributed by atoms with van der Waals surface area (Å²) in [5, 5.41) is 4.65. The summed E-state index contributed by atoms with van der Waals surface area (Å²) in [7, 11) is 0. The smallest absolute Gasteiger partial charge is 0.333 e. The van der Waals surface area contributed by atoms with E-state index >= 15 is 0 Å². The lowest BCUT2D eigenvalue weighted by Gasteiger charge is -2.34. The number of carbonyl (C=O) groups excluding carboxylic acids is 4. The van der Waals surface area contributed by atoms with E-state index < -0.39 is 39.3 Å². The largest absolute Gasteiger partial charge is 0.422 e. The average Bonchev–Trinajstić information content (AvgIpc) is 2.37. The Hall–Kier alpha value is -1.42. The van der Waals surface area contributed by atoms with Crippen LogP contribution in [0.15, 0.2) is 0 Å². The van der Waals surface area contributed by atoms with Gasteiger partial charge in [-0.05, 0) is 27.7 Å². The van der Waals surface area contributed by atoms with Crippen LogP contribution in [0.5, 0.6) is 0 Å². The maximum atomic E-state index is 12.3. The third kappa shape index (κ3) is 8.00. The highest BCUT2D eigenvalue weighted by Gasteiger charge is 2.41. The van der Waals surface area contributed by atoms with Crippen LogP contribution in [0.4, 0.5) is 0 Å². The number of rotatable bonds is 10. The average molecular weight is 395 g/mol. The molecule has 2 N–H and O–H groups in total. The molecule has 144 valence electrons. The second-order valence-electron chi connectivity index (χ2n) is 6.98. The summed E-state index contributed by atoms with van der Waals surface area (Å²) >= 11 is 8.50. The van der Waals surface area contributed by atoms with Crippen molar-refractivity contribution in [2.24, 2.45) is 0 Å². The van der Waals surface area contributed by atoms with Gasteiger partial charge in [0.15, 0.2) is 0 Å². The molecule has 0 heterocycles.